The summed E-state index contributed by atoms with van der Waals surface area (Å²) in [4.78, 5) is 0.186. The number of hydrogen-bond donors (Lipinski definition) is 2. The minimum atomic E-state index is -3.62. The Balaban J connectivity index is 1.85. The molecule has 5 nitrogen and oxygen atoms in total. The summed E-state index contributed by atoms with van der Waals surface area (Å²) in [5.41, 5.74) is 6.59. The van der Waals surface area contributed by atoms with Gasteiger partial charge in [0.2, 0.25) is 10.0 Å². The molecule has 1 heterocycles. The van der Waals surface area contributed by atoms with Crippen molar-refractivity contribution < 1.29 is 13.2 Å². The molecule has 1 aromatic rings. The van der Waals surface area contributed by atoms with Gasteiger partial charge in [-0.15, -0.1) is 0 Å². The molecule has 0 radical (unpaired) electrons. The first-order valence-corrected chi connectivity index (χ1v) is 8.94. The van der Waals surface area contributed by atoms with Crippen LogP contribution in [0.3, 0.4) is 0 Å². The molecule has 0 aromatic heterocycles. The summed E-state index contributed by atoms with van der Waals surface area (Å²) in [7, 11) is -3.62. The van der Waals surface area contributed by atoms with Gasteiger partial charge in [-0.2, -0.15) is 0 Å². The third-order valence-electron chi connectivity index (χ3n) is 4.11. The minimum Gasteiger partial charge on any atom is -0.397 e. The summed E-state index contributed by atoms with van der Waals surface area (Å²) in [5, 5.41) is 0.367. The van der Waals surface area contributed by atoms with Crippen LogP contribution in [0.15, 0.2) is 17.0 Å². The van der Waals surface area contributed by atoms with E-state index in [2.05, 4.69) is 4.72 Å². The molecule has 7 heteroatoms. The summed E-state index contributed by atoms with van der Waals surface area (Å²) >= 11 is 5.92. The third-order valence-corrected chi connectivity index (χ3v) is 6.07. The van der Waals surface area contributed by atoms with Gasteiger partial charge in [0.05, 0.1) is 27.8 Å². The fourth-order valence-corrected chi connectivity index (χ4v) is 4.61. The second-order valence-electron chi connectivity index (χ2n) is 5.83. The molecule has 1 aliphatic heterocycles. The number of nitrogens with two attached hydrogens (primary N) is 1. The third kappa shape index (κ3) is 3.04. The van der Waals surface area contributed by atoms with Crippen molar-refractivity contribution in [1.82, 2.24) is 4.72 Å². The highest BCUT2D eigenvalue weighted by molar-refractivity contribution is 7.89. The molecule has 2 aliphatic rings. The van der Waals surface area contributed by atoms with Crippen LogP contribution in [0.1, 0.15) is 24.8 Å². The number of ether oxygens (including phenoxy) is 1. The van der Waals surface area contributed by atoms with Crippen molar-refractivity contribution in [3.05, 3.63) is 22.7 Å². The first-order chi connectivity index (χ1) is 9.88. The maximum Gasteiger partial charge on any atom is 0.241 e. The zero-order valence-corrected chi connectivity index (χ0v) is 13.4. The Morgan fingerprint density at radius 2 is 2.05 bits per heavy atom. The molecule has 3 N–H and O–H groups in total. The van der Waals surface area contributed by atoms with Crippen molar-refractivity contribution in [2.45, 2.75) is 43.2 Å². The van der Waals surface area contributed by atoms with Crippen LogP contribution in [-0.4, -0.2) is 27.2 Å². The quantitative estimate of drug-likeness (QED) is 0.828. The van der Waals surface area contributed by atoms with Crippen molar-refractivity contribution in [2.75, 3.05) is 12.3 Å². The van der Waals surface area contributed by atoms with Gasteiger partial charge in [-0.25, -0.2) is 13.1 Å². The van der Waals surface area contributed by atoms with Crippen LogP contribution >= 0.6 is 11.6 Å². The molecule has 116 valence electrons. The van der Waals surface area contributed by atoms with Gasteiger partial charge < -0.3 is 10.5 Å². The van der Waals surface area contributed by atoms with Crippen molar-refractivity contribution in [2.24, 2.45) is 5.92 Å². The van der Waals surface area contributed by atoms with E-state index in [1.807, 2.05) is 0 Å². The van der Waals surface area contributed by atoms with E-state index >= 15 is 0 Å². The van der Waals surface area contributed by atoms with E-state index in [0.717, 1.165) is 12.8 Å². The smallest absolute Gasteiger partial charge is 0.241 e. The van der Waals surface area contributed by atoms with E-state index in [-0.39, 0.29) is 22.7 Å². The lowest BCUT2D eigenvalue weighted by Gasteiger charge is -2.20. The number of anilines is 1. The van der Waals surface area contributed by atoms with Crippen molar-refractivity contribution in [1.29, 1.82) is 0 Å². The second-order valence-corrected chi connectivity index (χ2v) is 7.92. The zero-order valence-electron chi connectivity index (χ0n) is 11.8. The molecule has 1 aromatic carbocycles. The van der Waals surface area contributed by atoms with Crippen LogP contribution in [-0.2, 0) is 14.8 Å². The molecule has 1 saturated heterocycles. The topological polar surface area (TPSA) is 81.4 Å². The lowest BCUT2D eigenvalue weighted by molar-refractivity contribution is 0.0848. The number of rotatable bonds is 4. The van der Waals surface area contributed by atoms with Gasteiger partial charge in [0, 0.05) is 6.61 Å². The van der Waals surface area contributed by atoms with E-state index in [9.17, 15) is 8.42 Å². The predicted molar refractivity (Wildman–Crippen MR) is 81.8 cm³/mol. The SMILES string of the molecule is Cc1cc(Cl)c(N)cc1S(=O)(=O)NC1CCOC1C1CC1. The average Bonchev–Trinajstić information content (AvgIpc) is 3.14. The number of nitrogens with one attached hydrogen (secondary N) is 1. The molecule has 2 atom stereocenters. The fourth-order valence-electron chi connectivity index (χ4n) is 2.85. The molecular weight excluding hydrogens is 312 g/mol. The highest BCUT2D eigenvalue weighted by Crippen LogP contribution is 2.39. The standard InChI is InChI=1S/C14H19ClN2O3S/c1-8-6-10(15)11(16)7-13(8)21(18,19)17-12-4-5-20-14(12)9-2-3-9/h6-7,9,12,14,17H,2-5,16H2,1H3. The fraction of sp³-hybridized carbons (Fsp3) is 0.571. The van der Waals surface area contributed by atoms with Crippen molar-refractivity contribution >= 4 is 27.3 Å². The largest absolute Gasteiger partial charge is 0.397 e. The van der Waals surface area contributed by atoms with Crippen molar-refractivity contribution in [3.63, 3.8) is 0 Å². The first kappa shape index (κ1) is 15.1. The van der Waals surface area contributed by atoms with Gasteiger partial charge in [-0.3, -0.25) is 0 Å². The first-order valence-electron chi connectivity index (χ1n) is 7.08. The number of hydrogen-bond acceptors (Lipinski definition) is 4. The van der Waals surface area contributed by atoms with Crippen LogP contribution in [0.5, 0.6) is 0 Å². The Kier molecular flexibility index (Phi) is 3.90. The van der Waals surface area contributed by atoms with E-state index in [4.69, 9.17) is 22.1 Å². The Bertz CT molecular complexity index is 658. The van der Waals surface area contributed by atoms with Crippen molar-refractivity contribution in [3.8, 4) is 0 Å². The summed E-state index contributed by atoms with van der Waals surface area (Å²) in [6.45, 7) is 2.32. The summed E-state index contributed by atoms with van der Waals surface area (Å²) < 4.78 is 33.6. The molecule has 21 heavy (non-hydrogen) atoms. The lowest BCUT2D eigenvalue weighted by Crippen LogP contribution is -2.41. The summed E-state index contributed by atoms with van der Waals surface area (Å²) in [6.07, 6.45) is 2.96. The van der Waals surface area contributed by atoms with E-state index in [1.165, 1.54) is 6.07 Å². The van der Waals surface area contributed by atoms with Gasteiger partial charge in [0.15, 0.2) is 0 Å². The van der Waals surface area contributed by atoms with Crippen LogP contribution in [0.25, 0.3) is 0 Å². The van der Waals surface area contributed by atoms with E-state index in [1.54, 1.807) is 13.0 Å². The predicted octanol–water partition coefficient (Wildman–Crippen LogP) is 2.08. The van der Waals surface area contributed by atoms with Crippen LogP contribution in [0.2, 0.25) is 5.02 Å². The number of nitrogen functional groups attached to an aromatic ring is 1. The zero-order chi connectivity index (χ0) is 15.2. The van der Waals surface area contributed by atoms with Gasteiger partial charge in [-0.05, 0) is 49.8 Å². The Labute approximate surface area is 129 Å². The number of halogens is 1. The molecule has 2 fully saturated rings. The molecule has 0 bridgehead atoms. The average molecular weight is 331 g/mol. The second kappa shape index (κ2) is 5.43. The van der Waals surface area contributed by atoms with E-state index < -0.39 is 10.0 Å². The minimum absolute atomic E-state index is 0.00438. The monoisotopic (exact) mass is 330 g/mol. The molecule has 0 amide bonds. The van der Waals surface area contributed by atoms with Gasteiger partial charge in [-0.1, -0.05) is 11.6 Å². The Morgan fingerprint density at radius 3 is 2.71 bits per heavy atom. The molecule has 1 saturated carbocycles. The van der Waals surface area contributed by atoms with E-state index in [0.29, 0.717) is 29.5 Å². The number of benzene rings is 1. The van der Waals surface area contributed by atoms with Crippen LogP contribution < -0.4 is 10.5 Å². The molecular formula is C14H19ClN2O3S. The van der Waals surface area contributed by atoms with Crippen LogP contribution in [0, 0.1) is 12.8 Å². The number of aryl methyl sites for hydroxylation is 1. The molecule has 3 rings (SSSR count). The lowest BCUT2D eigenvalue weighted by atomic mass is 10.1. The van der Waals surface area contributed by atoms with Gasteiger partial charge in [0.1, 0.15) is 0 Å². The van der Waals surface area contributed by atoms with Crippen LogP contribution in [0.4, 0.5) is 5.69 Å². The molecule has 0 spiro atoms. The number of sulfonamides is 1. The summed E-state index contributed by atoms with van der Waals surface area (Å²) in [5.74, 6) is 0.497. The normalized spacial score (nSPS) is 26.2. The Morgan fingerprint density at radius 1 is 1.33 bits per heavy atom. The van der Waals surface area contributed by atoms with Gasteiger partial charge in [0.25, 0.3) is 0 Å². The maximum atomic E-state index is 12.6. The highest BCUT2D eigenvalue weighted by atomic mass is 35.5. The highest BCUT2D eigenvalue weighted by Gasteiger charge is 2.42. The molecule has 1 aliphatic carbocycles. The maximum absolute atomic E-state index is 12.6. The Hall–Kier alpha value is -0.820. The molecule has 2 unspecified atom stereocenters. The van der Waals surface area contributed by atoms with Gasteiger partial charge >= 0.3 is 0 Å². The summed E-state index contributed by atoms with van der Waals surface area (Å²) in [6, 6.07) is 2.84.